The number of benzene rings is 1. The molecule has 11 heteroatoms. The molecule has 0 radical (unpaired) electrons. The largest absolute Gasteiger partial charge is 0.586 e. The number of aliphatic hydroxyl groups excluding tert-OH is 1. The van der Waals surface area contributed by atoms with Gasteiger partial charge in [-0.3, -0.25) is 9.59 Å². The van der Waals surface area contributed by atoms with Crippen LogP contribution in [0.15, 0.2) is 42.6 Å². The molecule has 1 atom stereocenters. The molecule has 0 unspecified atom stereocenters. The monoisotopic (exact) mass is 475 g/mol. The van der Waals surface area contributed by atoms with E-state index >= 15 is 0 Å². The van der Waals surface area contributed by atoms with Crippen molar-refractivity contribution < 1.29 is 37.7 Å². The molecule has 0 bridgehead atoms. The van der Waals surface area contributed by atoms with Gasteiger partial charge in [-0.1, -0.05) is 6.07 Å². The number of piperazine rings is 1. The first kappa shape index (κ1) is 23.4. The van der Waals surface area contributed by atoms with E-state index < -0.39 is 12.4 Å². The third-order valence-electron chi connectivity index (χ3n) is 5.18. The number of carbonyl (C=O) groups is 2. The number of nitrogens with zero attached hydrogens (tertiary/aromatic N) is 3. The molecule has 1 N–H and O–H groups in total. The standard InChI is InChI=1S/C23H23F2N3O6/c1-15(29)14-32-20-13-17(6-7-26-20)22(31)28-10-8-27(9-11-28)21(30)5-3-16-2-4-18-19(12-16)34-23(24,25)33-18/h2-7,12-13,15,29H,8-11,14H2,1H3/b5-3+/t15-/m1/s1. The first-order valence-electron chi connectivity index (χ1n) is 10.6. The van der Waals surface area contributed by atoms with Crippen LogP contribution in [0.4, 0.5) is 8.78 Å². The second kappa shape index (κ2) is 9.64. The molecule has 1 fully saturated rings. The number of hydrogen-bond acceptors (Lipinski definition) is 7. The maximum absolute atomic E-state index is 13.1. The van der Waals surface area contributed by atoms with E-state index in [1.165, 1.54) is 42.6 Å². The predicted molar refractivity (Wildman–Crippen MR) is 116 cm³/mol. The molecular formula is C23H23F2N3O6. The van der Waals surface area contributed by atoms with Crippen LogP contribution in [-0.2, 0) is 4.79 Å². The predicted octanol–water partition coefficient (Wildman–Crippen LogP) is 2.16. The number of pyridine rings is 1. The van der Waals surface area contributed by atoms with Crippen LogP contribution < -0.4 is 14.2 Å². The molecule has 2 aliphatic heterocycles. The number of carbonyl (C=O) groups excluding carboxylic acids is 2. The summed E-state index contributed by atoms with van der Waals surface area (Å²) < 4.78 is 40.4. The fraction of sp³-hybridized carbons (Fsp3) is 0.348. The van der Waals surface area contributed by atoms with Gasteiger partial charge in [0.15, 0.2) is 11.5 Å². The summed E-state index contributed by atoms with van der Waals surface area (Å²) in [7, 11) is 0. The van der Waals surface area contributed by atoms with Crippen molar-refractivity contribution in [2.45, 2.75) is 19.3 Å². The van der Waals surface area contributed by atoms with Crippen LogP contribution in [0.3, 0.4) is 0 Å². The summed E-state index contributed by atoms with van der Waals surface area (Å²) in [5.41, 5.74) is 0.914. The molecule has 9 nitrogen and oxygen atoms in total. The summed E-state index contributed by atoms with van der Waals surface area (Å²) in [4.78, 5) is 32.6. The van der Waals surface area contributed by atoms with Gasteiger partial charge >= 0.3 is 6.29 Å². The number of fused-ring (bicyclic) bond motifs is 1. The third-order valence-corrected chi connectivity index (χ3v) is 5.18. The molecule has 180 valence electrons. The van der Waals surface area contributed by atoms with Crippen molar-refractivity contribution in [3.8, 4) is 17.4 Å². The van der Waals surface area contributed by atoms with E-state index in [-0.39, 0.29) is 35.8 Å². The summed E-state index contributed by atoms with van der Waals surface area (Å²) in [6.45, 7) is 3.05. The molecule has 0 aliphatic carbocycles. The first-order chi connectivity index (χ1) is 16.2. The minimum atomic E-state index is -3.69. The first-order valence-corrected chi connectivity index (χ1v) is 10.6. The number of aliphatic hydroxyl groups is 1. The van der Waals surface area contributed by atoms with Crippen LogP contribution in [-0.4, -0.2) is 76.9 Å². The average molecular weight is 475 g/mol. The van der Waals surface area contributed by atoms with Crippen molar-refractivity contribution in [1.29, 1.82) is 0 Å². The Morgan fingerprint density at radius 3 is 2.59 bits per heavy atom. The molecule has 0 saturated carbocycles. The summed E-state index contributed by atoms with van der Waals surface area (Å²) in [6.07, 6.45) is -0.0315. The van der Waals surface area contributed by atoms with Crippen molar-refractivity contribution in [3.05, 3.63) is 53.7 Å². The average Bonchev–Trinajstić information content (AvgIpc) is 3.14. The summed E-state index contributed by atoms with van der Waals surface area (Å²) >= 11 is 0. The van der Waals surface area contributed by atoms with Crippen molar-refractivity contribution in [3.63, 3.8) is 0 Å². The number of aromatic nitrogens is 1. The Kier molecular flexibility index (Phi) is 6.64. The Labute approximate surface area is 194 Å². The quantitative estimate of drug-likeness (QED) is 0.639. The number of alkyl halides is 2. The topological polar surface area (TPSA) is 101 Å². The highest BCUT2D eigenvalue weighted by Gasteiger charge is 2.43. The second-order valence-electron chi connectivity index (χ2n) is 7.87. The van der Waals surface area contributed by atoms with Crippen LogP contribution in [0.25, 0.3) is 6.08 Å². The molecule has 4 rings (SSSR count). The molecule has 2 aliphatic rings. The number of amides is 2. The fourth-order valence-electron chi connectivity index (χ4n) is 3.48. The highest BCUT2D eigenvalue weighted by molar-refractivity contribution is 5.95. The maximum atomic E-state index is 13.1. The highest BCUT2D eigenvalue weighted by Crippen LogP contribution is 2.41. The maximum Gasteiger partial charge on any atom is 0.586 e. The Morgan fingerprint density at radius 2 is 1.85 bits per heavy atom. The Bertz CT molecular complexity index is 1100. The zero-order valence-corrected chi connectivity index (χ0v) is 18.3. The highest BCUT2D eigenvalue weighted by atomic mass is 19.3. The number of hydrogen-bond donors (Lipinski definition) is 1. The SMILES string of the molecule is C[C@@H](O)COc1cc(C(=O)N2CCN(C(=O)/C=C/c3ccc4c(c3)OC(F)(F)O4)CC2)ccn1. The normalized spacial score (nSPS) is 17.6. The molecule has 1 saturated heterocycles. The van der Waals surface area contributed by atoms with Gasteiger partial charge in [-0.15, -0.1) is 8.78 Å². The van der Waals surface area contributed by atoms with E-state index in [0.717, 1.165) is 0 Å². The summed E-state index contributed by atoms with van der Waals surface area (Å²) in [5.74, 6) is -0.373. The fourth-order valence-corrected chi connectivity index (χ4v) is 3.48. The zero-order valence-electron chi connectivity index (χ0n) is 18.3. The molecular weight excluding hydrogens is 452 g/mol. The Hall–Kier alpha value is -3.73. The Balaban J connectivity index is 1.30. The molecule has 3 heterocycles. The van der Waals surface area contributed by atoms with Gasteiger partial charge in [0.05, 0.1) is 6.10 Å². The minimum Gasteiger partial charge on any atom is -0.475 e. The number of rotatable bonds is 6. The van der Waals surface area contributed by atoms with E-state index in [1.807, 2.05) is 0 Å². The summed E-state index contributed by atoms with van der Waals surface area (Å²) in [5, 5.41) is 9.32. The molecule has 1 aromatic heterocycles. The van der Waals surface area contributed by atoms with E-state index in [1.54, 1.807) is 22.8 Å². The van der Waals surface area contributed by atoms with Crippen LogP contribution in [0.1, 0.15) is 22.8 Å². The van der Waals surface area contributed by atoms with Crippen molar-refractivity contribution >= 4 is 17.9 Å². The van der Waals surface area contributed by atoms with E-state index in [9.17, 15) is 23.5 Å². The molecule has 2 aromatic rings. The lowest BCUT2D eigenvalue weighted by atomic mass is 10.1. The zero-order chi connectivity index (χ0) is 24.3. The lowest BCUT2D eigenvalue weighted by molar-refractivity contribution is -0.286. The lowest BCUT2D eigenvalue weighted by Gasteiger charge is -2.34. The van der Waals surface area contributed by atoms with Crippen LogP contribution in [0.5, 0.6) is 17.4 Å². The molecule has 0 spiro atoms. The van der Waals surface area contributed by atoms with E-state index in [4.69, 9.17) is 4.74 Å². The Morgan fingerprint density at radius 1 is 1.15 bits per heavy atom. The van der Waals surface area contributed by atoms with Gasteiger partial charge in [0.25, 0.3) is 5.91 Å². The van der Waals surface area contributed by atoms with E-state index in [0.29, 0.717) is 37.3 Å². The molecule has 2 amide bonds. The van der Waals surface area contributed by atoms with E-state index in [2.05, 4.69) is 14.5 Å². The van der Waals surface area contributed by atoms with Crippen LogP contribution in [0, 0.1) is 0 Å². The second-order valence-corrected chi connectivity index (χ2v) is 7.87. The van der Waals surface area contributed by atoms with Gasteiger partial charge in [0.2, 0.25) is 11.8 Å². The van der Waals surface area contributed by atoms with Gasteiger partial charge < -0.3 is 29.1 Å². The molecule has 34 heavy (non-hydrogen) atoms. The van der Waals surface area contributed by atoms with Gasteiger partial charge in [0, 0.05) is 50.1 Å². The van der Waals surface area contributed by atoms with Crippen molar-refractivity contribution in [2.75, 3.05) is 32.8 Å². The van der Waals surface area contributed by atoms with Crippen molar-refractivity contribution in [2.24, 2.45) is 0 Å². The third kappa shape index (κ3) is 5.60. The number of halogens is 2. The van der Waals surface area contributed by atoms with Gasteiger partial charge in [-0.05, 0) is 36.8 Å². The van der Waals surface area contributed by atoms with Crippen LogP contribution in [0.2, 0.25) is 0 Å². The molecule has 1 aromatic carbocycles. The lowest BCUT2D eigenvalue weighted by Crippen LogP contribution is -2.50. The van der Waals surface area contributed by atoms with Crippen LogP contribution >= 0.6 is 0 Å². The van der Waals surface area contributed by atoms with Gasteiger partial charge in [-0.25, -0.2) is 4.98 Å². The van der Waals surface area contributed by atoms with Gasteiger partial charge in [-0.2, -0.15) is 0 Å². The smallest absolute Gasteiger partial charge is 0.475 e. The minimum absolute atomic E-state index is 0.0647. The summed E-state index contributed by atoms with van der Waals surface area (Å²) in [6, 6.07) is 7.36. The van der Waals surface area contributed by atoms with Gasteiger partial charge in [0.1, 0.15) is 6.61 Å². The number of ether oxygens (including phenoxy) is 3. The van der Waals surface area contributed by atoms with Crippen molar-refractivity contribution in [1.82, 2.24) is 14.8 Å².